The second-order valence-electron chi connectivity index (χ2n) is 5.66. The molecule has 1 N–H and O–H groups in total. The Hall–Kier alpha value is -2.19. The minimum absolute atomic E-state index is 0.0733. The zero-order valence-electron chi connectivity index (χ0n) is 13.8. The number of hydrogen-bond acceptors (Lipinski definition) is 4. The smallest absolute Gasteiger partial charge is 0.223 e. The molecule has 1 aromatic carbocycles. The lowest BCUT2D eigenvalue weighted by Crippen LogP contribution is -2.40. The number of amides is 1. The Morgan fingerprint density at radius 2 is 2.00 bits per heavy atom. The molecule has 124 valence electrons. The molecule has 1 aliphatic rings. The molecule has 1 saturated heterocycles. The van der Waals surface area contributed by atoms with Crippen molar-refractivity contribution in [2.75, 3.05) is 33.9 Å². The van der Waals surface area contributed by atoms with Crippen LogP contribution < -0.4 is 14.8 Å². The van der Waals surface area contributed by atoms with Gasteiger partial charge < -0.3 is 14.8 Å². The van der Waals surface area contributed by atoms with E-state index in [1.165, 1.54) is 0 Å². The van der Waals surface area contributed by atoms with Crippen LogP contribution in [0.2, 0.25) is 0 Å². The highest BCUT2D eigenvalue weighted by atomic mass is 16.5. The Bertz CT molecular complexity index is 572. The Morgan fingerprint density at radius 3 is 2.61 bits per heavy atom. The number of nitrogens with zero attached hydrogens (tertiary/aromatic N) is 1. The van der Waals surface area contributed by atoms with E-state index < -0.39 is 0 Å². The third-order valence-electron chi connectivity index (χ3n) is 4.19. The first-order chi connectivity index (χ1) is 11.2. The van der Waals surface area contributed by atoms with Crippen LogP contribution in [0, 0.1) is 18.3 Å². The number of carbonyl (C=O) groups is 1. The van der Waals surface area contributed by atoms with E-state index in [9.17, 15) is 4.79 Å². The van der Waals surface area contributed by atoms with E-state index in [2.05, 4.69) is 16.1 Å². The number of carbonyl (C=O) groups excluding carboxylic acids is 1. The Balaban J connectivity index is 1.84. The predicted octanol–water partition coefficient (Wildman–Crippen LogP) is 1.67. The zero-order valence-corrected chi connectivity index (χ0v) is 13.8. The molecule has 0 unspecified atom stereocenters. The molecule has 1 amide bonds. The molecule has 0 saturated carbocycles. The number of benzene rings is 1. The van der Waals surface area contributed by atoms with Crippen LogP contribution in [0.15, 0.2) is 18.2 Å². The fraction of sp³-hybridized carbons (Fsp3) is 0.500. The average molecular weight is 316 g/mol. The number of ether oxygens (including phenoxy) is 2. The van der Waals surface area contributed by atoms with Gasteiger partial charge in [0, 0.05) is 12.5 Å². The SMILES string of the molecule is C#CCN1CCC(C(=O)NCc2ccc(OC)c(OC)c2)CC1. The molecule has 0 aliphatic carbocycles. The van der Waals surface area contributed by atoms with Crippen molar-refractivity contribution in [3.63, 3.8) is 0 Å². The minimum atomic E-state index is 0.0733. The quantitative estimate of drug-likeness (QED) is 0.811. The summed E-state index contributed by atoms with van der Waals surface area (Å²) in [6.45, 7) is 2.93. The van der Waals surface area contributed by atoms with Crippen LogP contribution in [0.1, 0.15) is 18.4 Å². The molecule has 1 aliphatic heterocycles. The highest BCUT2D eigenvalue weighted by Crippen LogP contribution is 2.27. The third-order valence-corrected chi connectivity index (χ3v) is 4.19. The molecular formula is C18H24N2O3. The molecule has 1 heterocycles. The zero-order chi connectivity index (χ0) is 16.7. The van der Waals surface area contributed by atoms with Gasteiger partial charge in [0.25, 0.3) is 0 Å². The highest BCUT2D eigenvalue weighted by molar-refractivity contribution is 5.78. The minimum Gasteiger partial charge on any atom is -0.493 e. The van der Waals surface area contributed by atoms with E-state index in [4.69, 9.17) is 15.9 Å². The van der Waals surface area contributed by atoms with Crippen molar-refractivity contribution in [2.24, 2.45) is 5.92 Å². The summed E-state index contributed by atoms with van der Waals surface area (Å²) >= 11 is 0. The van der Waals surface area contributed by atoms with Gasteiger partial charge >= 0.3 is 0 Å². The lowest BCUT2D eigenvalue weighted by atomic mass is 9.96. The lowest BCUT2D eigenvalue weighted by Gasteiger charge is -2.29. The maximum absolute atomic E-state index is 12.3. The summed E-state index contributed by atoms with van der Waals surface area (Å²) in [7, 11) is 3.20. The van der Waals surface area contributed by atoms with Gasteiger partial charge in [-0.1, -0.05) is 12.0 Å². The van der Waals surface area contributed by atoms with E-state index in [0.717, 1.165) is 31.5 Å². The van der Waals surface area contributed by atoms with Crippen LogP contribution >= 0.6 is 0 Å². The lowest BCUT2D eigenvalue weighted by molar-refractivity contribution is -0.126. The van der Waals surface area contributed by atoms with Crippen LogP contribution in [0.4, 0.5) is 0 Å². The topological polar surface area (TPSA) is 50.8 Å². The summed E-state index contributed by atoms with van der Waals surface area (Å²) in [5.74, 6) is 4.19. The van der Waals surface area contributed by atoms with Crippen molar-refractivity contribution in [3.8, 4) is 23.8 Å². The van der Waals surface area contributed by atoms with Crippen LogP contribution in [0.5, 0.6) is 11.5 Å². The van der Waals surface area contributed by atoms with E-state index in [1.54, 1.807) is 14.2 Å². The number of hydrogen-bond donors (Lipinski definition) is 1. The summed E-state index contributed by atoms with van der Waals surface area (Å²) < 4.78 is 10.5. The molecule has 1 aromatic rings. The fourth-order valence-electron chi connectivity index (χ4n) is 2.81. The van der Waals surface area contributed by atoms with Gasteiger partial charge in [-0.25, -0.2) is 0 Å². The van der Waals surface area contributed by atoms with Gasteiger partial charge in [0.1, 0.15) is 0 Å². The van der Waals surface area contributed by atoms with Gasteiger partial charge in [-0.3, -0.25) is 9.69 Å². The number of terminal acetylenes is 1. The van der Waals surface area contributed by atoms with Crippen LogP contribution in [-0.2, 0) is 11.3 Å². The summed E-state index contributed by atoms with van der Waals surface area (Å²) in [4.78, 5) is 14.5. The van der Waals surface area contributed by atoms with Crippen molar-refractivity contribution in [1.82, 2.24) is 10.2 Å². The second kappa shape index (κ2) is 8.44. The van der Waals surface area contributed by atoms with E-state index in [-0.39, 0.29) is 11.8 Å². The van der Waals surface area contributed by atoms with E-state index in [1.807, 2.05) is 18.2 Å². The largest absolute Gasteiger partial charge is 0.493 e. The molecule has 5 nitrogen and oxygen atoms in total. The number of nitrogens with one attached hydrogen (secondary N) is 1. The normalized spacial score (nSPS) is 15.7. The van der Waals surface area contributed by atoms with Gasteiger partial charge in [-0.2, -0.15) is 0 Å². The third kappa shape index (κ3) is 4.64. The van der Waals surface area contributed by atoms with Crippen LogP contribution in [0.3, 0.4) is 0 Å². The first-order valence-corrected chi connectivity index (χ1v) is 7.82. The monoisotopic (exact) mass is 316 g/mol. The van der Waals surface area contributed by atoms with E-state index in [0.29, 0.717) is 24.6 Å². The number of piperidine rings is 1. The van der Waals surface area contributed by atoms with Crippen LogP contribution in [-0.4, -0.2) is 44.7 Å². The molecule has 0 bridgehead atoms. The molecule has 5 heteroatoms. The molecular weight excluding hydrogens is 292 g/mol. The maximum atomic E-state index is 12.3. The van der Waals surface area contributed by atoms with Gasteiger partial charge in [0.2, 0.25) is 5.91 Å². The summed E-state index contributed by atoms with van der Waals surface area (Å²) in [6, 6.07) is 5.66. The molecule has 0 radical (unpaired) electrons. The van der Waals surface area contributed by atoms with Crippen molar-refractivity contribution < 1.29 is 14.3 Å². The summed E-state index contributed by atoms with van der Waals surface area (Å²) in [5, 5.41) is 3.01. The molecule has 1 fully saturated rings. The summed E-state index contributed by atoms with van der Waals surface area (Å²) in [5.41, 5.74) is 0.987. The first-order valence-electron chi connectivity index (χ1n) is 7.82. The van der Waals surface area contributed by atoms with E-state index >= 15 is 0 Å². The highest BCUT2D eigenvalue weighted by Gasteiger charge is 2.24. The number of rotatable bonds is 6. The van der Waals surface area contributed by atoms with Gasteiger partial charge in [-0.15, -0.1) is 6.42 Å². The predicted molar refractivity (Wildman–Crippen MR) is 89.4 cm³/mol. The van der Waals surface area contributed by atoms with Crippen molar-refractivity contribution in [1.29, 1.82) is 0 Å². The molecule has 0 spiro atoms. The summed E-state index contributed by atoms with van der Waals surface area (Å²) in [6.07, 6.45) is 7.04. The fourth-order valence-corrected chi connectivity index (χ4v) is 2.81. The maximum Gasteiger partial charge on any atom is 0.223 e. The van der Waals surface area contributed by atoms with Crippen molar-refractivity contribution in [3.05, 3.63) is 23.8 Å². The number of methoxy groups -OCH3 is 2. The van der Waals surface area contributed by atoms with Gasteiger partial charge in [0.05, 0.1) is 20.8 Å². The second-order valence-corrected chi connectivity index (χ2v) is 5.66. The molecule has 2 rings (SSSR count). The Kier molecular flexibility index (Phi) is 6.30. The first kappa shape index (κ1) is 17.2. The average Bonchev–Trinajstić information content (AvgIpc) is 2.60. The Morgan fingerprint density at radius 1 is 1.30 bits per heavy atom. The Labute approximate surface area is 138 Å². The molecule has 0 aromatic heterocycles. The number of likely N-dealkylation sites (tertiary alicyclic amines) is 1. The van der Waals surface area contributed by atoms with Gasteiger partial charge in [-0.05, 0) is 43.6 Å². The molecule has 23 heavy (non-hydrogen) atoms. The molecule has 0 atom stereocenters. The standard InChI is InChI=1S/C18H24N2O3/c1-4-9-20-10-7-15(8-11-20)18(21)19-13-14-5-6-16(22-2)17(12-14)23-3/h1,5-6,12,15H,7-11,13H2,2-3H3,(H,19,21). The van der Waals surface area contributed by atoms with Gasteiger partial charge in [0.15, 0.2) is 11.5 Å². The van der Waals surface area contributed by atoms with Crippen molar-refractivity contribution in [2.45, 2.75) is 19.4 Å². The van der Waals surface area contributed by atoms with Crippen LogP contribution in [0.25, 0.3) is 0 Å². The van der Waals surface area contributed by atoms with Crippen molar-refractivity contribution >= 4 is 5.91 Å².